The predicted molar refractivity (Wildman–Crippen MR) is 75.4 cm³/mol. The van der Waals surface area contributed by atoms with Crippen molar-refractivity contribution in [2.75, 3.05) is 26.0 Å². The van der Waals surface area contributed by atoms with E-state index >= 15 is 0 Å². The molecule has 0 aromatic carbocycles. The van der Waals surface area contributed by atoms with Crippen molar-refractivity contribution in [1.82, 2.24) is 15.1 Å². The molecule has 2 fully saturated rings. The van der Waals surface area contributed by atoms with Crippen molar-refractivity contribution in [2.24, 2.45) is 17.8 Å². The van der Waals surface area contributed by atoms with Gasteiger partial charge in [-0.1, -0.05) is 17.8 Å². The molecule has 1 heterocycles. The van der Waals surface area contributed by atoms with Gasteiger partial charge < -0.3 is 10.2 Å². The highest BCUT2D eigenvalue weighted by Gasteiger charge is 2.40. The molecule has 1 N–H and O–H groups in total. The molecule has 1 aromatic heterocycles. The molecule has 3 atom stereocenters. The second-order valence-electron chi connectivity index (χ2n) is 5.78. The van der Waals surface area contributed by atoms with Crippen LogP contribution < -0.4 is 5.32 Å². The molecule has 2 aliphatic rings. The largest absolute Gasteiger partial charge is 0.363 e. The zero-order valence-electron chi connectivity index (χ0n) is 11.4. The minimum atomic E-state index is 0.00164. The summed E-state index contributed by atoms with van der Waals surface area (Å²) < 4.78 is 0. The molecule has 3 rings (SSSR count). The van der Waals surface area contributed by atoms with E-state index in [-0.39, 0.29) is 5.91 Å². The second kappa shape index (κ2) is 5.07. The van der Waals surface area contributed by atoms with Gasteiger partial charge in [0.05, 0.1) is 0 Å². The first-order valence-electron chi connectivity index (χ1n) is 6.94. The molecule has 0 radical (unpaired) electrons. The van der Waals surface area contributed by atoms with E-state index in [0.29, 0.717) is 16.1 Å². The van der Waals surface area contributed by atoms with Crippen molar-refractivity contribution >= 4 is 22.4 Å². The quantitative estimate of drug-likeness (QED) is 0.917. The average molecular weight is 280 g/mol. The van der Waals surface area contributed by atoms with Crippen LogP contribution in [0.4, 0.5) is 5.13 Å². The van der Waals surface area contributed by atoms with Crippen molar-refractivity contribution in [3.05, 3.63) is 5.01 Å². The third-order valence-electron chi connectivity index (χ3n) is 4.56. The van der Waals surface area contributed by atoms with Gasteiger partial charge in [0.1, 0.15) is 0 Å². The number of fused-ring (bicyclic) bond motifs is 2. The molecule has 1 amide bonds. The number of carbonyl (C=O) groups excluding carboxylic acids is 1. The third-order valence-corrected chi connectivity index (χ3v) is 5.49. The van der Waals surface area contributed by atoms with Crippen molar-refractivity contribution < 1.29 is 4.79 Å². The molecule has 2 aliphatic carbocycles. The number of nitrogens with one attached hydrogen (secondary N) is 1. The highest BCUT2D eigenvalue weighted by atomic mass is 32.1. The van der Waals surface area contributed by atoms with Gasteiger partial charge in [-0.05, 0) is 37.0 Å². The summed E-state index contributed by atoms with van der Waals surface area (Å²) in [7, 11) is 3.67. The summed E-state index contributed by atoms with van der Waals surface area (Å²) in [5, 5.41) is 11.9. The molecule has 2 saturated carbocycles. The van der Waals surface area contributed by atoms with Crippen LogP contribution in [0.5, 0.6) is 0 Å². The average Bonchev–Trinajstić information content (AvgIpc) is 3.13. The van der Waals surface area contributed by atoms with Gasteiger partial charge in [-0.3, -0.25) is 4.79 Å². The van der Waals surface area contributed by atoms with E-state index in [1.807, 2.05) is 11.9 Å². The molecule has 1 aromatic rings. The number of nitrogens with zero attached hydrogens (tertiary/aromatic N) is 3. The zero-order valence-corrected chi connectivity index (χ0v) is 12.2. The van der Waals surface area contributed by atoms with Crippen LogP contribution in [0.3, 0.4) is 0 Å². The Morgan fingerprint density at radius 2 is 2.26 bits per heavy atom. The Kier molecular flexibility index (Phi) is 3.43. The standard InChI is InChI=1S/C13H20N4OS/c1-14-13-16-15-11(19-13)12(18)17(2)7-10-6-8-3-4-9(10)5-8/h8-10H,3-7H2,1-2H3,(H,14,16). The van der Waals surface area contributed by atoms with Crippen LogP contribution >= 0.6 is 11.3 Å². The van der Waals surface area contributed by atoms with E-state index in [2.05, 4.69) is 15.5 Å². The number of hydrogen-bond acceptors (Lipinski definition) is 5. The van der Waals surface area contributed by atoms with Gasteiger partial charge in [-0.2, -0.15) is 0 Å². The van der Waals surface area contributed by atoms with Crippen molar-refractivity contribution in [2.45, 2.75) is 25.7 Å². The van der Waals surface area contributed by atoms with E-state index < -0.39 is 0 Å². The first kappa shape index (κ1) is 12.8. The molecule has 104 valence electrons. The van der Waals surface area contributed by atoms with Crippen LogP contribution in [0.25, 0.3) is 0 Å². The molecule has 6 heteroatoms. The molecule has 5 nitrogen and oxygen atoms in total. The monoisotopic (exact) mass is 280 g/mol. The molecule has 0 spiro atoms. The second-order valence-corrected chi connectivity index (χ2v) is 6.76. The highest BCUT2D eigenvalue weighted by Crippen LogP contribution is 2.48. The molecule has 19 heavy (non-hydrogen) atoms. The summed E-state index contributed by atoms with van der Waals surface area (Å²) in [6.45, 7) is 0.870. The Balaban J connectivity index is 1.60. The van der Waals surface area contributed by atoms with Crippen molar-refractivity contribution in [1.29, 1.82) is 0 Å². The topological polar surface area (TPSA) is 58.1 Å². The van der Waals surface area contributed by atoms with Gasteiger partial charge in [0.2, 0.25) is 10.1 Å². The molecule has 0 saturated heterocycles. The lowest BCUT2D eigenvalue weighted by molar-refractivity contribution is 0.0753. The maximum Gasteiger partial charge on any atom is 0.284 e. The van der Waals surface area contributed by atoms with E-state index in [0.717, 1.165) is 18.4 Å². The number of rotatable bonds is 4. The minimum absolute atomic E-state index is 0.00164. The van der Waals surface area contributed by atoms with Gasteiger partial charge in [0.25, 0.3) is 5.91 Å². The number of amides is 1. The van der Waals surface area contributed by atoms with Gasteiger partial charge in [0, 0.05) is 20.6 Å². The molecular formula is C13H20N4OS. The summed E-state index contributed by atoms with van der Waals surface area (Å²) >= 11 is 1.32. The van der Waals surface area contributed by atoms with Gasteiger partial charge in [0.15, 0.2) is 0 Å². The molecular weight excluding hydrogens is 260 g/mol. The maximum absolute atomic E-state index is 12.3. The SMILES string of the molecule is CNc1nnc(C(=O)N(C)CC2CC3CCC2C3)s1. The molecule has 3 unspecified atom stereocenters. The van der Waals surface area contributed by atoms with E-state index in [1.54, 1.807) is 7.05 Å². The Morgan fingerprint density at radius 1 is 1.42 bits per heavy atom. The fourth-order valence-electron chi connectivity index (χ4n) is 3.61. The number of hydrogen-bond donors (Lipinski definition) is 1. The summed E-state index contributed by atoms with van der Waals surface area (Å²) in [5.41, 5.74) is 0. The maximum atomic E-state index is 12.3. The Labute approximate surface area is 117 Å². The third kappa shape index (κ3) is 2.45. The minimum Gasteiger partial charge on any atom is -0.363 e. The van der Waals surface area contributed by atoms with Crippen LogP contribution in [0, 0.1) is 17.8 Å². The lowest BCUT2D eigenvalue weighted by Gasteiger charge is -2.26. The Hall–Kier alpha value is -1.17. The van der Waals surface area contributed by atoms with Gasteiger partial charge >= 0.3 is 0 Å². The number of anilines is 1. The fraction of sp³-hybridized carbons (Fsp3) is 0.769. The normalized spacial score (nSPS) is 28.6. The molecule has 2 bridgehead atoms. The number of aromatic nitrogens is 2. The van der Waals surface area contributed by atoms with Crippen LogP contribution in [0.15, 0.2) is 0 Å². The summed E-state index contributed by atoms with van der Waals surface area (Å²) in [6, 6.07) is 0. The molecule has 0 aliphatic heterocycles. The van der Waals surface area contributed by atoms with Gasteiger partial charge in [-0.15, -0.1) is 10.2 Å². The van der Waals surface area contributed by atoms with Crippen LogP contribution in [0.1, 0.15) is 35.5 Å². The first-order chi connectivity index (χ1) is 9.17. The van der Waals surface area contributed by atoms with Gasteiger partial charge in [-0.25, -0.2) is 0 Å². The van der Waals surface area contributed by atoms with Crippen molar-refractivity contribution in [3.8, 4) is 0 Å². The zero-order chi connectivity index (χ0) is 13.4. The summed E-state index contributed by atoms with van der Waals surface area (Å²) in [4.78, 5) is 14.1. The van der Waals surface area contributed by atoms with Crippen molar-refractivity contribution in [3.63, 3.8) is 0 Å². The smallest absolute Gasteiger partial charge is 0.284 e. The summed E-state index contributed by atoms with van der Waals surface area (Å²) in [6.07, 6.45) is 5.45. The lowest BCUT2D eigenvalue weighted by atomic mass is 9.88. The van der Waals surface area contributed by atoms with Crippen LogP contribution in [-0.2, 0) is 0 Å². The van der Waals surface area contributed by atoms with Crippen LogP contribution in [0.2, 0.25) is 0 Å². The lowest BCUT2D eigenvalue weighted by Crippen LogP contribution is -2.33. The van der Waals surface area contributed by atoms with E-state index in [1.165, 1.54) is 37.0 Å². The Morgan fingerprint density at radius 3 is 2.84 bits per heavy atom. The fourth-order valence-corrected chi connectivity index (χ4v) is 4.30. The number of carbonyl (C=O) groups is 1. The predicted octanol–water partition coefficient (Wildman–Crippen LogP) is 2.09. The first-order valence-corrected chi connectivity index (χ1v) is 7.75. The highest BCUT2D eigenvalue weighted by molar-refractivity contribution is 7.17. The van der Waals surface area contributed by atoms with Crippen LogP contribution in [-0.4, -0.2) is 41.6 Å². The Bertz CT molecular complexity index is 475. The van der Waals surface area contributed by atoms with E-state index in [9.17, 15) is 4.79 Å². The van der Waals surface area contributed by atoms with E-state index in [4.69, 9.17) is 0 Å². The summed E-state index contributed by atoms with van der Waals surface area (Å²) in [5.74, 6) is 2.48.